The predicted molar refractivity (Wildman–Crippen MR) is 77.1 cm³/mol. The van der Waals surface area contributed by atoms with Gasteiger partial charge in [0.05, 0.1) is 17.2 Å². The lowest BCUT2D eigenvalue weighted by molar-refractivity contribution is 0.403. The predicted octanol–water partition coefficient (Wildman–Crippen LogP) is 2.42. The number of hydrogen-bond acceptors (Lipinski definition) is 5. The molecule has 0 amide bonds. The van der Waals surface area contributed by atoms with E-state index in [0.717, 1.165) is 11.0 Å². The molecule has 3 rings (SSSR count). The minimum atomic E-state index is -0.183. The third-order valence-corrected chi connectivity index (χ3v) is 2.77. The Hall–Kier alpha value is -3.02. The van der Waals surface area contributed by atoms with Crippen LogP contribution < -0.4 is 5.43 Å². The van der Waals surface area contributed by atoms with Gasteiger partial charge in [0.25, 0.3) is 0 Å². The zero-order valence-corrected chi connectivity index (χ0v) is 10.4. The summed E-state index contributed by atoms with van der Waals surface area (Å²) in [6, 6.07) is 12.1. The number of imidazole rings is 1. The molecule has 6 heteroatoms. The highest BCUT2D eigenvalue weighted by Crippen LogP contribution is 2.24. The highest BCUT2D eigenvalue weighted by Gasteiger charge is 2.00. The molecule has 1 aromatic heterocycles. The highest BCUT2D eigenvalue weighted by atomic mass is 16.3. The van der Waals surface area contributed by atoms with Crippen molar-refractivity contribution in [1.29, 1.82) is 0 Å². The molecule has 1 heterocycles. The summed E-state index contributed by atoms with van der Waals surface area (Å²) in [7, 11) is 0. The van der Waals surface area contributed by atoms with E-state index < -0.39 is 0 Å². The zero-order chi connectivity index (χ0) is 13.9. The Bertz CT molecular complexity index is 747. The average Bonchev–Trinajstić information content (AvgIpc) is 2.85. The molecule has 4 N–H and O–H groups in total. The monoisotopic (exact) mass is 268 g/mol. The van der Waals surface area contributed by atoms with Crippen LogP contribution in [0.3, 0.4) is 0 Å². The van der Waals surface area contributed by atoms with Gasteiger partial charge in [-0.3, -0.25) is 0 Å². The summed E-state index contributed by atoms with van der Waals surface area (Å²) in [6.45, 7) is 0. The van der Waals surface area contributed by atoms with Gasteiger partial charge in [0.2, 0.25) is 5.95 Å². The first kappa shape index (κ1) is 12.0. The second-order valence-electron chi connectivity index (χ2n) is 4.22. The third-order valence-electron chi connectivity index (χ3n) is 2.77. The van der Waals surface area contributed by atoms with Crippen molar-refractivity contribution in [3.63, 3.8) is 0 Å². The zero-order valence-electron chi connectivity index (χ0n) is 10.4. The van der Waals surface area contributed by atoms with E-state index in [1.807, 2.05) is 24.3 Å². The van der Waals surface area contributed by atoms with E-state index in [0.29, 0.717) is 11.5 Å². The van der Waals surface area contributed by atoms with Gasteiger partial charge in [0.15, 0.2) is 11.5 Å². The van der Waals surface area contributed by atoms with Crippen molar-refractivity contribution in [2.24, 2.45) is 5.10 Å². The van der Waals surface area contributed by atoms with Gasteiger partial charge in [-0.05, 0) is 35.9 Å². The van der Waals surface area contributed by atoms with Crippen LogP contribution >= 0.6 is 0 Å². The van der Waals surface area contributed by atoms with Gasteiger partial charge < -0.3 is 15.2 Å². The third kappa shape index (κ3) is 2.39. The van der Waals surface area contributed by atoms with E-state index in [4.69, 9.17) is 0 Å². The number of aromatic nitrogens is 2. The number of aromatic hydroxyl groups is 2. The summed E-state index contributed by atoms with van der Waals surface area (Å²) in [5, 5.41) is 22.6. The Morgan fingerprint density at radius 1 is 1.10 bits per heavy atom. The lowest BCUT2D eigenvalue weighted by atomic mass is 10.2. The Morgan fingerprint density at radius 2 is 1.95 bits per heavy atom. The van der Waals surface area contributed by atoms with Gasteiger partial charge >= 0.3 is 0 Å². The molecular formula is C14H12N4O2. The summed E-state index contributed by atoms with van der Waals surface area (Å²) in [5.74, 6) is 0.190. The van der Waals surface area contributed by atoms with Crippen LogP contribution in [-0.4, -0.2) is 26.4 Å². The van der Waals surface area contributed by atoms with E-state index in [-0.39, 0.29) is 11.5 Å². The van der Waals surface area contributed by atoms with E-state index in [1.165, 1.54) is 18.3 Å². The molecule has 20 heavy (non-hydrogen) atoms. The number of rotatable bonds is 3. The summed E-state index contributed by atoms with van der Waals surface area (Å²) in [6.07, 6.45) is 1.52. The molecule has 3 aromatic rings. The smallest absolute Gasteiger partial charge is 0.222 e. The van der Waals surface area contributed by atoms with Crippen molar-refractivity contribution in [3.05, 3.63) is 48.0 Å². The van der Waals surface area contributed by atoms with Crippen molar-refractivity contribution in [2.45, 2.75) is 0 Å². The van der Waals surface area contributed by atoms with E-state index >= 15 is 0 Å². The normalized spacial score (nSPS) is 11.2. The number of hydrazone groups is 1. The highest BCUT2D eigenvalue weighted by molar-refractivity contribution is 5.82. The first-order valence-corrected chi connectivity index (χ1v) is 5.98. The number of fused-ring (bicyclic) bond motifs is 1. The SMILES string of the molecule is Oc1ccc(/C=N/Nc2nc3ccccc3[nH]2)cc1O. The maximum absolute atomic E-state index is 9.36. The van der Waals surface area contributed by atoms with Crippen LogP contribution in [0.2, 0.25) is 0 Å². The maximum atomic E-state index is 9.36. The maximum Gasteiger partial charge on any atom is 0.222 e. The van der Waals surface area contributed by atoms with Gasteiger partial charge in [-0.1, -0.05) is 12.1 Å². The lowest BCUT2D eigenvalue weighted by Gasteiger charge is -1.98. The van der Waals surface area contributed by atoms with Crippen LogP contribution in [-0.2, 0) is 0 Å². The minimum Gasteiger partial charge on any atom is -0.504 e. The number of phenolic OH excluding ortho intramolecular Hbond substituents is 2. The van der Waals surface area contributed by atoms with Crippen molar-refractivity contribution in [1.82, 2.24) is 9.97 Å². The van der Waals surface area contributed by atoms with Crippen molar-refractivity contribution < 1.29 is 10.2 Å². The van der Waals surface area contributed by atoms with Gasteiger partial charge in [0.1, 0.15) is 0 Å². The number of hydrogen-bond donors (Lipinski definition) is 4. The standard InChI is InChI=1S/C14H12N4O2/c19-12-6-5-9(7-13(12)20)8-15-18-14-16-10-3-1-2-4-11(10)17-14/h1-8,19-20H,(H2,16,17,18)/b15-8+. The van der Waals surface area contributed by atoms with Gasteiger partial charge in [-0.2, -0.15) is 5.10 Å². The molecule has 6 nitrogen and oxygen atoms in total. The molecule has 0 unspecified atom stereocenters. The summed E-state index contributed by atoms with van der Waals surface area (Å²) >= 11 is 0. The minimum absolute atomic E-state index is 0.160. The number of phenols is 2. The molecule has 2 aromatic carbocycles. The summed E-state index contributed by atoms with van der Waals surface area (Å²) < 4.78 is 0. The molecule has 0 bridgehead atoms. The molecule has 100 valence electrons. The molecule has 0 fully saturated rings. The quantitative estimate of drug-likeness (QED) is 0.333. The number of para-hydroxylation sites is 2. The van der Waals surface area contributed by atoms with Crippen LogP contribution in [0.5, 0.6) is 11.5 Å². The first-order chi connectivity index (χ1) is 9.72. The Labute approximate surface area is 114 Å². The van der Waals surface area contributed by atoms with Crippen LogP contribution in [0.25, 0.3) is 11.0 Å². The van der Waals surface area contributed by atoms with Crippen LogP contribution in [0.15, 0.2) is 47.6 Å². The average molecular weight is 268 g/mol. The van der Waals surface area contributed by atoms with Crippen LogP contribution in [0.1, 0.15) is 5.56 Å². The van der Waals surface area contributed by atoms with Gasteiger partial charge in [-0.15, -0.1) is 0 Å². The lowest BCUT2D eigenvalue weighted by Crippen LogP contribution is -1.92. The Morgan fingerprint density at radius 3 is 2.75 bits per heavy atom. The Kier molecular flexibility index (Phi) is 2.96. The van der Waals surface area contributed by atoms with E-state index in [2.05, 4.69) is 20.5 Å². The number of aromatic amines is 1. The fourth-order valence-electron chi connectivity index (χ4n) is 1.79. The molecule has 0 atom stereocenters. The molecule has 0 spiro atoms. The first-order valence-electron chi connectivity index (χ1n) is 5.98. The molecule has 0 aliphatic carbocycles. The van der Waals surface area contributed by atoms with Crippen LogP contribution in [0.4, 0.5) is 5.95 Å². The number of anilines is 1. The fourth-order valence-corrected chi connectivity index (χ4v) is 1.79. The summed E-state index contributed by atoms with van der Waals surface area (Å²) in [5.41, 5.74) is 5.21. The molecule has 0 aliphatic rings. The van der Waals surface area contributed by atoms with Crippen LogP contribution in [0, 0.1) is 0 Å². The second-order valence-corrected chi connectivity index (χ2v) is 4.22. The molecule has 0 aliphatic heterocycles. The molecular weight excluding hydrogens is 256 g/mol. The van der Waals surface area contributed by atoms with E-state index in [1.54, 1.807) is 6.07 Å². The number of nitrogens with one attached hydrogen (secondary N) is 2. The van der Waals surface area contributed by atoms with Crippen molar-refractivity contribution in [3.8, 4) is 11.5 Å². The Balaban J connectivity index is 1.75. The summed E-state index contributed by atoms with van der Waals surface area (Å²) in [4.78, 5) is 7.38. The topological polar surface area (TPSA) is 93.5 Å². The second kappa shape index (κ2) is 4.93. The number of nitrogens with zero attached hydrogens (tertiary/aromatic N) is 2. The van der Waals surface area contributed by atoms with Gasteiger partial charge in [-0.25, -0.2) is 10.4 Å². The fraction of sp³-hybridized carbons (Fsp3) is 0. The molecule has 0 saturated carbocycles. The number of H-pyrrole nitrogens is 1. The van der Waals surface area contributed by atoms with Crippen molar-refractivity contribution >= 4 is 23.2 Å². The molecule has 0 radical (unpaired) electrons. The van der Waals surface area contributed by atoms with E-state index in [9.17, 15) is 10.2 Å². The largest absolute Gasteiger partial charge is 0.504 e. The van der Waals surface area contributed by atoms with Crippen molar-refractivity contribution in [2.75, 3.05) is 5.43 Å². The van der Waals surface area contributed by atoms with Gasteiger partial charge in [0, 0.05) is 0 Å². The number of benzene rings is 2. The molecule has 0 saturated heterocycles.